The van der Waals surface area contributed by atoms with Crippen molar-refractivity contribution in [2.24, 2.45) is 5.92 Å². The van der Waals surface area contributed by atoms with Crippen LogP contribution in [0, 0.1) is 5.92 Å². The summed E-state index contributed by atoms with van der Waals surface area (Å²) in [4.78, 5) is 14.2. The lowest BCUT2D eigenvalue weighted by atomic mass is 9.98. The topological polar surface area (TPSA) is 78.6 Å². The van der Waals surface area contributed by atoms with Crippen molar-refractivity contribution in [2.75, 3.05) is 37.3 Å². The van der Waals surface area contributed by atoms with E-state index in [0.29, 0.717) is 24.6 Å². The second kappa shape index (κ2) is 8.00. The molecule has 1 aliphatic heterocycles. The molecule has 0 unspecified atom stereocenters. The summed E-state index contributed by atoms with van der Waals surface area (Å²) in [6, 6.07) is 7.18. The number of nitrogens with one attached hydrogen (secondary N) is 1. The van der Waals surface area contributed by atoms with Crippen molar-refractivity contribution in [3.8, 4) is 0 Å². The first-order valence-electron chi connectivity index (χ1n) is 7.66. The Labute approximate surface area is 126 Å². The largest absolute Gasteiger partial charge is 0.399 e. The quantitative estimate of drug-likeness (QED) is 0.697. The van der Waals surface area contributed by atoms with Gasteiger partial charge in [0.05, 0.1) is 0 Å². The molecule has 1 amide bonds. The zero-order valence-electron chi connectivity index (χ0n) is 12.4. The van der Waals surface area contributed by atoms with Gasteiger partial charge in [-0.05, 0) is 69.1 Å². The van der Waals surface area contributed by atoms with Crippen LogP contribution in [0.15, 0.2) is 24.3 Å². The molecule has 0 saturated carbocycles. The number of anilines is 2. The van der Waals surface area contributed by atoms with Crippen molar-refractivity contribution in [3.05, 3.63) is 24.3 Å². The van der Waals surface area contributed by atoms with Gasteiger partial charge in [-0.2, -0.15) is 0 Å². The van der Waals surface area contributed by atoms with Gasteiger partial charge >= 0.3 is 0 Å². The second-order valence-electron chi connectivity index (χ2n) is 5.74. The highest BCUT2D eigenvalue weighted by atomic mass is 16.3. The van der Waals surface area contributed by atoms with Crippen LogP contribution in [0.5, 0.6) is 0 Å². The number of aliphatic hydroxyl groups excluding tert-OH is 1. The minimum absolute atomic E-state index is 0.0463. The van der Waals surface area contributed by atoms with Crippen LogP contribution in [0.1, 0.15) is 25.7 Å². The minimum atomic E-state index is 0.0463. The fraction of sp³-hybridized carbons (Fsp3) is 0.562. The maximum Gasteiger partial charge on any atom is 0.224 e. The molecule has 0 radical (unpaired) electrons. The summed E-state index contributed by atoms with van der Waals surface area (Å²) >= 11 is 0. The summed E-state index contributed by atoms with van der Waals surface area (Å²) in [5.74, 6) is 0.514. The normalized spacial score (nSPS) is 16.8. The minimum Gasteiger partial charge on any atom is -0.399 e. The van der Waals surface area contributed by atoms with E-state index in [4.69, 9.17) is 10.8 Å². The van der Waals surface area contributed by atoms with Crippen molar-refractivity contribution >= 4 is 17.3 Å². The number of piperidine rings is 1. The molecule has 1 aromatic rings. The Balaban J connectivity index is 1.62. The summed E-state index contributed by atoms with van der Waals surface area (Å²) in [5.41, 5.74) is 7.09. The van der Waals surface area contributed by atoms with E-state index >= 15 is 0 Å². The van der Waals surface area contributed by atoms with E-state index in [1.807, 2.05) is 12.1 Å². The lowest BCUT2D eigenvalue weighted by molar-refractivity contribution is -0.116. The van der Waals surface area contributed by atoms with Crippen LogP contribution in [-0.4, -0.2) is 42.2 Å². The zero-order chi connectivity index (χ0) is 15.1. The number of hydrogen-bond acceptors (Lipinski definition) is 4. The maximum absolute atomic E-state index is 11.8. The van der Waals surface area contributed by atoms with Crippen LogP contribution in [-0.2, 0) is 4.79 Å². The Bertz CT molecular complexity index is 439. The summed E-state index contributed by atoms with van der Waals surface area (Å²) < 4.78 is 0. The average molecular weight is 291 g/mol. The van der Waals surface area contributed by atoms with Crippen LogP contribution < -0.4 is 11.1 Å². The molecule has 0 bridgehead atoms. The molecule has 1 fully saturated rings. The maximum atomic E-state index is 11.8. The summed E-state index contributed by atoms with van der Waals surface area (Å²) in [6.07, 6.45) is 3.52. The molecular formula is C16H25N3O2. The predicted molar refractivity (Wildman–Crippen MR) is 85.0 cm³/mol. The first-order valence-corrected chi connectivity index (χ1v) is 7.66. The number of nitrogen functional groups attached to an aromatic ring is 1. The van der Waals surface area contributed by atoms with Crippen LogP contribution in [0.3, 0.4) is 0 Å². The average Bonchev–Trinajstić information content (AvgIpc) is 2.50. The van der Waals surface area contributed by atoms with E-state index in [9.17, 15) is 4.79 Å². The summed E-state index contributed by atoms with van der Waals surface area (Å²) in [5, 5.41) is 12.0. The number of nitrogens with zero attached hydrogens (tertiary/aromatic N) is 1. The number of amides is 1. The van der Waals surface area contributed by atoms with Gasteiger partial charge in [-0.15, -0.1) is 0 Å². The molecule has 1 aliphatic rings. The zero-order valence-corrected chi connectivity index (χ0v) is 12.4. The number of rotatable bonds is 6. The lowest BCUT2D eigenvalue weighted by Gasteiger charge is -2.30. The van der Waals surface area contributed by atoms with Gasteiger partial charge in [0.1, 0.15) is 0 Å². The number of benzene rings is 1. The third-order valence-electron chi connectivity index (χ3n) is 4.04. The van der Waals surface area contributed by atoms with Gasteiger partial charge in [-0.3, -0.25) is 4.79 Å². The first-order chi connectivity index (χ1) is 10.2. The second-order valence-corrected chi connectivity index (χ2v) is 5.74. The van der Waals surface area contributed by atoms with E-state index in [1.165, 1.54) is 0 Å². The van der Waals surface area contributed by atoms with E-state index in [-0.39, 0.29) is 5.91 Å². The van der Waals surface area contributed by atoms with Crippen LogP contribution in [0.25, 0.3) is 0 Å². The third kappa shape index (κ3) is 5.36. The SMILES string of the molecule is Nc1ccc(NC(=O)CCCN2CCC(CO)CC2)cc1. The van der Waals surface area contributed by atoms with Crippen molar-refractivity contribution in [3.63, 3.8) is 0 Å². The van der Waals surface area contributed by atoms with Gasteiger partial charge < -0.3 is 21.1 Å². The summed E-state index contributed by atoms with van der Waals surface area (Å²) in [6.45, 7) is 3.32. The van der Waals surface area contributed by atoms with Gasteiger partial charge in [-0.25, -0.2) is 0 Å². The fourth-order valence-corrected chi connectivity index (χ4v) is 2.65. The van der Waals surface area contributed by atoms with Crippen molar-refractivity contribution in [2.45, 2.75) is 25.7 Å². The molecule has 5 heteroatoms. The molecule has 0 aliphatic carbocycles. The fourth-order valence-electron chi connectivity index (χ4n) is 2.65. The molecule has 116 valence electrons. The van der Waals surface area contributed by atoms with Gasteiger partial charge in [0.15, 0.2) is 0 Å². The third-order valence-corrected chi connectivity index (χ3v) is 4.04. The number of likely N-dealkylation sites (tertiary alicyclic amines) is 1. The Kier molecular flexibility index (Phi) is 6.02. The van der Waals surface area contributed by atoms with E-state index in [1.54, 1.807) is 12.1 Å². The highest BCUT2D eigenvalue weighted by Gasteiger charge is 2.18. The lowest BCUT2D eigenvalue weighted by Crippen LogP contribution is -2.35. The predicted octanol–water partition coefficient (Wildman–Crippen LogP) is 1.69. The standard InChI is InChI=1S/C16H25N3O2/c17-14-3-5-15(6-4-14)18-16(21)2-1-9-19-10-7-13(12-20)8-11-19/h3-6,13,20H,1-2,7-12,17H2,(H,18,21). The molecule has 2 rings (SSSR count). The molecule has 0 atom stereocenters. The number of carbonyl (C=O) groups excluding carboxylic acids is 1. The highest BCUT2D eigenvalue weighted by Crippen LogP contribution is 2.17. The van der Waals surface area contributed by atoms with E-state index < -0.39 is 0 Å². The Hall–Kier alpha value is -1.59. The molecule has 1 heterocycles. The molecule has 1 saturated heterocycles. The molecular weight excluding hydrogens is 266 g/mol. The molecule has 21 heavy (non-hydrogen) atoms. The van der Waals surface area contributed by atoms with Gasteiger partial charge in [-0.1, -0.05) is 0 Å². The molecule has 0 aromatic heterocycles. The number of carbonyl (C=O) groups is 1. The monoisotopic (exact) mass is 291 g/mol. The molecule has 0 spiro atoms. The number of hydrogen-bond donors (Lipinski definition) is 3. The van der Waals surface area contributed by atoms with E-state index in [0.717, 1.165) is 44.6 Å². The van der Waals surface area contributed by atoms with E-state index in [2.05, 4.69) is 10.2 Å². The Morgan fingerprint density at radius 2 is 1.95 bits per heavy atom. The number of nitrogens with two attached hydrogens (primary N) is 1. The van der Waals surface area contributed by atoms with Gasteiger partial charge in [0.2, 0.25) is 5.91 Å². The number of aliphatic hydroxyl groups is 1. The van der Waals surface area contributed by atoms with Crippen LogP contribution >= 0.6 is 0 Å². The van der Waals surface area contributed by atoms with Crippen molar-refractivity contribution < 1.29 is 9.90 Å². The van der Waals surface area contributed by atoms with Crippen LogP contribution in [0.2, 0.25) is 0 Å². The molecule has 1 aromatic carbocycles. The van der Waals surface area contributed by atoms with Gasteiger partial charge in [0.25, 0.3) is 0 Å². The highest BCUT2D eigenvalue weighted by molar-refractivity contribution is 5.90. The smallest absolute Gasteiger partial charge is 0.224 e. The summed E-state index contributed by atoms with van der Waals surface area (Å²) in [7, 11) is 0. The molecule has 4 N–H and O–H groups in total. The van der Waals surface area contributed by atoms with Crippen molar-refractivity contribution in [1.82, 2.24) is 4.90 Å². The first kappa shape index (κ1) is 15.8. The van der Waals surface area contributed by atoms with Crippen molar-refractivity contribution in [1.29, 1.82) is 0 Å². The van der Waals surface area contributed by atoms with Crippen LogP contribution in [0.4, 0.5) is 11.4 Å². The Morgan fingerprint density at radius 3 is 2.57 bits per heavy atom. The molecule has 5 nitrogen and oxygen atoms in total. The van der Waals surface area contributed by atoms with Gasteiger partial charge in [0, 0.05) is 24.4 Å². The Morgan fingerprint density at radius 1 is 1.29 bits per heavy atom.